The summed E-state index contributed by atoms with van der Waals surface area (Å²) in [6, 6.07) is 0.793. The van der Waals surface area contributed by atoms with Crippen LogP contribution in [0.15, 0.2) is 6.07 Å². The van der Waals surface area contributed by atoms with E-state index < -0.39 is 12.5 Å². The zero-order valence-corrected chi connectivity index (χ0v) is 17.5. The monoisotopic (exact) mass is 423 g/mol. The highest BCUT2D eigenvalue weighted by Crippen LogP contribution is 2.36. The summed E-state index contributed by atoms with van der Waals surface area (Å²) in [5.74, 6) is 1.08. The molecule has 2 amide bonds. The number of anilines is 1. The van der Waals surface area contributed by atoms with Gasteiger partial charge in [0, 0.05) is 51.1 Å². The van der Waals surface area contributed by atoms with E-state index in [1.54, 1.807) is 6.92 Å². The number of carbonyl (C=O) groups is 2. The third-order valence-corrected chi connectivity index (χ3v) is 6.66. The number of hydrogen-bond acceptors (Lipinski definition) is 4. The summed E-state index contributed by atoms with van der Waals surface area (Å²) < 4.78 is 28.8. The third-order valence-electron chi connectivity index (χ3n) is 6.66. The maximum atomic E-state index is 13.7. The molecule has 7 nitrogen and oxygen atoms in total. The van der Waals surface area contributed by atoms with Crippen LogP contribution < -0.4 is 5.32 Å². The van der Waals surface area contributed by atoms with Crippen molar-refractivity contribution < 1.29 is 18.4 Å². The number of nitrogens with one attached hydrogen (secondary N) is 1. The lowest BCUT2D eigenvalue weighted by atomic mass is 9.86. The minimum absolute atomic E-state index is 0.0922. The average Bonchev–Trinajstić information content (AvgIpc) is 3.31. The van der Waals surface area contributed by atoms with Gasteiger partial charge < -0.3 is 15.1 Å². The van der Waals surface area contributed by atoms with Crippen molar-refractivity contribution in [1.29, 1.82) is 0 Å². The van der Waals surface area contributed by atoms with Crippen LogP contribution in [0.1, 0.15) is 56.7 Å². The summed E-state index contributed by atoms with van der Waals surface area (Å²) in [5, 5.41) is 7.63. The van der Waals surface area contributed by atoms with Crippen molar-refractivity contribution in [2.45, 2.75) is 70.4 Å². The normalized spacial score (nSPS) is 26.8. The first-order valence-electron chi connectivity index (χ1n) is 11.1. The maximum absolute atomic E-state index is 13.7. The first-order chi connectivity index (χ1) is 14.4. The van der Waals surface area contributed by atoms with Crippen LogP contribution in [-0.2, 0) is 9.59 Å². The topological polar surface area (TPSA) is 70.5 Å². The fraction of sp³-hybridized carbons (Fsp3) is 0.762. The van der Waals surface area contributed by atoms with Gasteiger partial charge in [-0.15, -0.1) is 0 Å². The van der Waals surface area contributed by atoms with Crippen molar-refractivity contribution >= 4 is 17.6 Å². The van der Waals surface area contributed by atoms with Crippen molar-refractivity contribution in [3.63, 3.8) is 0 Å². The first kappa shape index (κ1) is 21.1. The molecule has 2 fully saturated rings. The maximum Gasteiger partial charge on any atom is 0.260 e. The Bertz CT molecular complexity index is 783. The molecule has 166 valence electrons. The van der Waals surface area contributed by atoms with Gasteiger partial charge in [-0.3, -0.25) is 9.59 Å². The average molecular weight is 424 g/mol. The van der Waals surface area contributed by atoms with Crippen molar-refractivity contribution in [2.24, 2.45) is 5.92 Å². The minimum atomic E-state index is -2.47. The zero-order chi connectivity index (χ0) is 21.3. The highest BCUT2D eigenvalue weighted by atomic mass is 19.3. The molecule has 4 heterocycles. The molecule has 2 saturated heterocycles. The van der Waals surface area contributed by atoms with E-state index >= 15 is 0 Å². The molecule has 3 atom stereocenters. The standard InChI is InChI=1S/C21H31F2N5O2/c1-14-11-18-24-16(12-17(21(22)23)28(18)25-14)15-5-2-10-27(13-15)20(30)7-4-9-26-8-3-6-19(26)29/h11,15-17,21,24H,2-10,12-13H2,1H3/t15?,16-,17+/m0/s1. The summed E-state index contributed by atoms with van der Waals surface area (Å²) in [4.78, 5) is 28.1. The molecule has 3 aliphatic rings. The van der Waals surface area contributed by atoms with Crippen molar-refractivity contribution in [1.82, 2.24) is 19.6 Å². The van der Waals surface area contributed by atoms with E-state index in [0.717, 1.165) is 38.0 Å². The fourth-order valence-electron chi connectivity index (χ4n) is 5.09. The van der Waals surface area contributed by atoms with Crippen LogP contribution >= 0.6 is 0 Å². The van der Waals surface area contributed by atoms with Gasteiger partial charge in [-0.1, -0.05) is 0 Å². The first-order valence-corrected chi connectivity index (χ1v) is 11.1. The van der Waals surface area contributed by atoms with Gasteiger partial charge in [0.1, 0.15) is 11.9 Å². The van der Waals surface area contributed by atoms with E-state index in [1.807, 2.05) is 15.9 Å². The predicted molar refractivity (Wildman–Crippen MR) is 108 cm³/mol. The second kappa shape index (κ2) is 8.89. The van der Waals surface area contributed by atoms with E-state index in [9.17, 15) is 18.4 Å². The van der Waals surface area contributed by atoms with Crippen LogP contribution in [0.2, 0.25) is 0 Å². The number of amides is 2. The molecule has 0 aromatic carbocycles. The number of likely N-dealkylation sites (tertiary alicyclic amines) is 2. The van der Waals surface area contributed by atoms with Crippen LogP contribution in [-0.4, -0.2) is 70.0 Å². The van der Waals surface area contributed by atoms with Crippen LogP contribution in [0.25, 0.3) is 0 Å². The molecule has 1 aromatic rings. The van der Waals surface area contributed by atoms with Gasteiger partial charge in [-0.2, -0.15) is 5.10 Å². The highest BCUT2D eigenvalue weighted by molar-refractivity contribution is 5.78. The lowest BCUT2D eigenvalue weighted by Gasteiger charge is -2.41. The van der Waals surface area contributed by atoms with E-state index in [0.29, 0.717) is 44.6 Å². The number of nitrogens with zero attached hydrogens (tertiary/aromatic N) is 4. The third kappa shape index (κ3) is 4.44. The van der Waals surface area contributed by atoms with Crippen molar-refractivity contribution in [2.75, 3.05) is 31.5 Å². The van der Waals surface area contributed by atoms with Crippen molar-refractivity contribution in [3.05, 3.63) is 11.8 Å². The molecule has 9 heteroatoms. The summed E-state index contributed by atoms with van der Waals surface area (Å²) in [6.45, 7) is 4.57. The summed E-state index contributed by atoms with van der Waals surface area (Å²) in [6.07, 6.45) is 2.29. The summed E-state index contributed by atoms with van der Waals surface area (Å²) in [5.41, 5.74) is 0.723. The Balaban J connectivity index is 1.33. The zero-order valence-electron chi connectivity index (χ0n) is 17.5. The molecule has 0 spiro atoms. The van der Waals surface area contributed by atoms with Crippen molar-refractivity contribution in [3.8, 4) is 0 Å². The van der Waals surface area contributed by atoms with Gasteiger partial charge in [-0.25, -0.2) is 13.5 Å². The lowest BCUT2D eigenvalue weighted by Crippen LogP contribution is -2.48. The second-order valence-corrected chi connectivity index (χ2v) is 8.83. The number of carbonyl (C=O) groups excluding carboxylic acids is 2. The minimum Gasteiger partial charge on any atom is -0.367 e. The molecular formula is C21H31F2N5O2. The number of rotatable bonds is 6. The van der Waals surface area contributed by atoms with Gasteiger partial charge in [0.05, 0.1) is 5.69 Å². The lowest BCUT2D eigenvalue weighted by molar-refractivity contribution is -0.134. The van der Waals surface area contributed by atoms with Crippen LogP contribution in [0.3, 0.4) is 0 Å². The molecule has 1 N–H and O–H groups in total. The van der Waals surface area contributed by atoms with E-state index in [-0.39, 0.29) is 23.8 Å². The van der Waals surface area contributed by atoms with Crippen LogP contribution in [0, 0.1) is 12.8 Å². The Morgan fingerprint density at radius 1 is 1.33 bits per heavy atom. The number of aromatic nitrogens is 2. The number of fused-ring (bicyclic) bond motifs is 1. The summed E-state index contributed by atoms with van der Waals surface area (Å²) >= 11 is 0. The van der Waals surface area contributed by atoms with E-state index in [2.05, 4.69) is 10.4 Å². The van der Waals surface area contributed by atoms with Crippen LogP contribution in [0.5, 0.6) is 0 Å². The van der Waals surface area contributed by atoms with E-state index in [1.165, 1.54) is 4.68 Å². The largest absolute Gasteiger partial charge is 0.367 e. The van der Waals surface area contributed by atoms with Gasteiger partial charge in [-0.05, 0) is 44.9 Å². The molecule has 1 aromatic heterocycles. The SMILES string of the molecule is Cc1cc2n(n1)[C@@H](C(F)F)C[C@@H](C1CCCN(C(=O)CCCN3CCCC3=O)C1)N2. The Morgan fingerprint density at radius 2 is 2.17 bits per heavy atom. The number of hydrogen-bond donors (Lipinski definition) is 1. The van der Waals surface area contributed by atoms with Gasteiger partial charge in [0.2, 0.25) is 11.8 Å². The Morgan fingerprint density at radius 3 is 2.90 bits per heavy atom. The Kier molecular flexibility index (Phi) is 6.24. The van der Waals surface area contributed by atoms with Crippen LogP contribution in [0.4, 0.5) is 14.6 Å². The molecule has 0 aliphatic carbocycles. The molecule has 3 aliphatic heterocycles. The summed E-state index contributed by atoms with van der Waals surface area (Å²) in [7, 11) is 0. The number of alkyl halides is 2. The molecule has 0 bridgehead atoms. The molecule has 0 radical (unpaired) electrons. The smallest absolute Gasteiger partial charge is 0.260 e. The molecule has 4 rings (SSSR count). The fourth-order valence-corrected chi connectivity index (χ4v) is 5.09. The predicted octanol–water partition coefficient (Wildman–Crippen LogP) is 2.82. The second-order valence-electron chi connectivity index (χ2n) is 8.83. The van der Waals surface area contributed by atoms with E-state index in [4.69, 9.17) is 0 Å². The molecule has 0 saturated carbocycles. The quantitative estimate of drug-likeness (QED) is 0.764. The number of piperidine rings is 1. The molecule has 30 heavy (non-hydrogen) atoms. The Labute approximate surface area is 175 Å². The molecular weight excluding hydrogens is 392 g/mol. The van der Waals surface area contributed by atoms with Gasteiger partial charge >= 0.3 is 0 Å². The molecule has 1 unspecified atom stereocenters. The number of halogens is 2. The Hall–Kier alpha value is -2.19. The van der Waals surface area contributed by atoms with Gasteiger partial charge in [0.25, 0.3) is 6.43 Å². The number of aryl methyl sites for hydroxylation is 1. The van der Waals surface area contributed by atoms with Gasteiger partial charge in [0.15, 0.2) is 0 Å². The highest BCUT2D eigenvalue weighted by Gasteiger charge is 2.38.